The predicted molar refractivity (Wildman–Crippen MR) is 73.0 cm³/mol. The number of benzene rings is 1. The smallest absolute Gasteiger partial charge is 0.292 e. The summed E-state index contributed by atoms with van der Waals surface area (Å²) in [6.07, 6.45) is 1.41. The monoisotopic (exact) mass is 287 g/mol. The highest BCUT2D eigenvalue weighted by Crippen LogP contribution is 2.59. The van der Waals surface area contributed by atoms with Crippen LogP contribution in [0.1, 0.15) is 16.7 Å². The first kappa shape index (κ1) is 12.3. The van der Waals surface area contributed by atoms with Gasteiger partial charge in [0.05, 0.1) is 0 Å². The fourth-order valence-electron chi connectivity index (χ4n) is 3.34. The summed E-state index contributed by atoms with van der Waals surface area (Å²) >= 11 is 0. The number of carbonyl (C=O) groups excluding carboxylic acids is 1. The number of anilines is 2. The molecule has 0 fully saturated rings. The van der Waals surface area contributed by atoms with Gasteiger partial charge in [0.2, 0.25) is 5.91 Å². The van der Waals surface area contributed by atoms with E-state index >= 15 is 8.78 Å². The van der Waals surface area contributed by atoms with Crippen molar-refractivity contribution in [2.24, 2.45) is 0 Å². The first-order valence-corrected chi connectivity index (χ1v) is 6.50. The fraction of sp³-hybridized carbons (Fsp3) is 0.200. The summed E-state index contributed by atoms with van der Waals surface area (Å²) in [5.74, 6) is -3.82. The Morgan fingerprint density at radius 3 is 2.86 bits per heavy atom. The summed E-state index contributed by atoms with van der Waals surface area (Å²) in [6.45, 7) is 0. The van der Waals surface area contributed by atoms with E-state index in [2.05, 4.69) is 10.3 Å². The topological polar surface area (TPSA) is 68.0 Å². The van der Waals surface area contributed by atoms with Crippen molar-refractivity contribution in [3.63, 3.8) is 0 Å². The summed E-state index contributed by atoms with van der Waals surface area (Å²) in [6, 6.07) is 7.49. The van der Waals surface area contributed by atoms with Gasteiger partial charge in [0.25, 0.3) is 5.92 Å². The van der Waals surface area contributed by atoms with Crippen LogP contribution < -0.4 is 11.1 Å². The molecule has 0 bridgehead atoms. The number of pyridine rings is 1. The van der Waals surface area contributed by atoms with Crippen molar-refractivity contribution >= 4 is 17.4 Å². The first-order valence-electron chi connectivity index (χ1n) is 6.50. The molecule has 0 saturated heterocycles. The second-order valence-electron chi connectivity index (χ2n) is 5.43. The zero-order valence-corrected chi connectivity index (χ0v) is 10.9. The average molecular weight is 287 g/mol. The molecule has 3 N–H and O–H groups in total. The zero-order chi connectivity index (χ0) is 14.8. The van der Waals surface area contributed by atoms with E-state index in [9.17, 15) is 4.79 Å². The number of hydrogen-bond acceptors (Lipinski definition) is 3. The van der Waals surface area contributed by atoms with Crippen molar-refractivity contribution in [1.82, 2.24) is 4.98 Å². The summed E-state index contributed by atoms with van der Waals surface area (Å²) in [5, 5.41) is 2.47. The molecular weight excluding hydrogens is 276 g/mol. The van der Waals surface area contributed by atoms with Gasteiger partial charge in [-0.15, -0.1) is 0 Å². The minimum atomic E-state index is -3.32. The summed E-state index contributed by atoms with van der Waals surface area (Å²) in [4.78, 5) is 16.3. The van der Waals surface area contributed by atoms with Crippen molar-refractivity contribution in [2.45, 2.75) is 17.8 Å². The van der Waals surface area contributed by atoms with Crippen LogP contribution >= 0.6 is 0 Å². The van der Waals surface area contributed by atoms with Gasteiger partial charge >= 0.3 is 0 Å². The van der Waals surface area contributed by atoms with Gasteiger partial charge in [-0.05, 0) is 30.2 Å². The lowest BCUT2D eigenvalue weighted by Gasteiger charge is -2.29. The Hall–Kier alpha value is -2.50. The molecule has 1 aromatic heterocycles. The predicted octanol–water partition coefficient (Wildman–Crippen LogP) is 2.20. The molecular formula is C15H11F2N3O. The molecule has 2 heterocycles. The number of nitrogens with one attached hydrogen (secondary N) is 1. The van der Waals surface area contributed by atoms with Gasteiger partial charge in [-0.3, -0.25) is 4.79 Å². The molecule has 2 aliphatic rings. The van der Waals surface area contributed by atoms with Crippen LogP contribution in [0.2, 0.25) is 0 Å². The molecule has 1 unspecified atom stereocenters. The van der Waals surface area contributed by atoms with Crippen LogP contribution in [-0.4, -0.2) is 10.9 Å². The normalized spacial score (nSPS) is 24.8. The van der Waals surface area contributed by atoms with E-state index < -0.39 is 17.2 Å². The number of amides is 1. The maximum atomic E-state index is 15.1. The van der Waals surface area contributed by atoms with Gasteiger partial charge in [0, 0.05) is 23.0 Å². The van der Waals surface area contributed by atoms with Gasteiger partial charge in [0.1, 0.15) is 11.2 Å². The summed E-state index contributed by atoms with van der Waals surface area (Å²) in [5.41, 5.74) is 4.48. The molecule has 1 aliphatic carbocycles. The lowest BCUT2D eigenvalue weighted by molar-refractivity contribution is -0.138. The van der Waals surface area contributed by atoms with E-state index in [0.717, 1.165) is 0 Å². The first-order chi connectivity index (χ1) is 9.97. The Kier molecular flexibility index (Phi) is 2.09. The molecule has 0 radical (unpaired) electrons. The third kappa shape index (κ3) is 1.27. The second-order valence-corrected chi connectivity index (χ2v) is 5.43. The van der Waals surface area contributed by atoms with Crippen LogP contribution in [0.25, 0.3) is 0 Å². The van der Waals surface area contributed by atoms with E-state index in [-0.39, 0.29) is 29.1 Å². The molecule has 1 aromatic carbocycles. The van der Waals surface area contributed by atoms with Crippen molar-refractivity contribution < 1.29 is 13.6 Å². The molecule has 21 heavy (non-hydrogen) atoms. The van der Waals surface area contributed by atoms with E-state index in [1.165, 1.54) is 18.3 Å². The minimum Gasteiger partial charge on any atom is -0.399 e. The molecule has 1 spiro atoms. The van der Waals surface area contributed by atoms with Crippen LogP contribution in [0.3, 0.4) is 0 Å². The lowest BCUT2D eigenvalue weighted by atomic mass is 9.77. The van der Waals surface area contributed by atoms with Crippen molar-refractivity contribution in [3.8, 4) is 0 Å². The van der Waals surface area contributed by atoms with Gasteiger partial charge in [-0.2, -0.15) is 8.78 Å². The Morgan fingerprint density at radius 1 is 1.24 bits per heavy atom. The number of fused-ring (bicyclic) bond motifs is 3. The molecule has 4 nitrogen and oxygen atoms in total. The Morgan fingerprint density at radius 2 is 2.05 bits per heavy atom. The Bertz CT molecular complexity index is 790. The number of halogens is 2. The van der Waals surface area contributed by atoms with Crippen molar-refractivity contribution in [2.75, 3.05) is 11.1 Å². The number of nitrogen functional groups attached to an aromatic ring is 1. The maximum Gasteiger partial charge on any atom is 0.292 e. The number of nitrogens with zero attached hydrogens (tertiary/aromatic N) is 1. The summed E-state index contributed by atoms with van der Waals surface area (Å²) < 4.78 is 30.1. The summed E-state index contributed by atoms with van der Waals surface area (Å²) in [7, 11) is 0. The number of nitrogens with two attached hydrogens (primary N) is 1. The van der Waals surface area contributed by atoms with Crippen molar-refractivity contribution in [3.05, 3.63) is 53.2 Å². The standard InChI is InChI=1S/C15H11F2N3O/c16-15(17)11-6-9(18)4-3-8(11)7-14(15)10-2-1-5-19-12(10)20-13(14)21/h1-6H,7,18H2,(H,19,20,21). The fourth-order valence-corrected chi connectivity index (χ4v) is 3.34. The number of aromatic nitrogens is 1. The highest BCUT2D eigenvalue weighted by atomic mass is 19.3. The van der Waals surface area contributed by atoms with Gasteiger partial charge in [0.15, 0.2) is 0 Å². The maximum absolute atomic E-state index is 15.1. The lowest BCUT2D eigenvalue weighted by Crippen LogP contribution is -2.46. The van der Waals surface area contributed by atoms with Crippen LogP contribution in [0, 0.1) is 0 Å². The number of hydrogen-bond donors (Lipinski definition) is 2. The average Bonchev–Trinajstić information content (AvgIpc) is 2.86. The highest BCUT2D eigenvalue weighted by Gasteiger charge is 2.68. The van der Waals surface area contributed by atoms with E-state index in [1.54, 1.807) is 18.2 Å². The van der Waals surface area contributed by atoms with Gasteiger partial charge < -0.3 is 11.1 Å². The van der Waals surface area contributed by atoms with Gasteiger partial charge in [-0.1, -0.05) is 12.1 Å². The minimum absolute atomic E-state index is 0.0554. The Balaban J connectivity index is 2.01. The van der Waals surface area contributed by atoms with Crippen LogP contribution in [0.4, 0.5) is 20.3 Å². The highest BCUT2D eigenvalue weighted by molar-refractivity contribution is 6.07. The largest absolute Gasteiger partial charge is 0.399 e. The zero-order valence-electron chi connectivity index (χ0n) is 10.9. The quantitative estimate of drug-likeness (QED) is 0.730. The van der Waals surface area contributed by atoms with Crippen LogP contribution in [0.5, 0.6) is 0 Å². The number of rotatable bonds is 0. The third-order valence-corrected chi connectivity index (χ3v) is 4.35. The van der Waals surface area contributed by atoms with Crippen molar-refractivity contribution in [1.29, 1.82) is 0 Å². The second kappa shape index (κ2) is 3.58. The van der Waals surface area contributed by atoms with Crippen LogP contribution in [0.15, 0.2) is 36.5 Å². The van der Waals surface area contributed by atoms with Crippen LogP contribution in [-0.2, 0) is 22.6 Å². The molecule has 0 saturated carbocycles. The SMILES string of the molecule is Nc1ccc2c(c1)C(F)(F)C1(C2)C(=O)Nc2ncccc21. The number of carbonyl (C=O) groups is 1. The molecule has 1 atom stereocenters. The Labute approximate surface area is 119 Å². The molecule has 1 aliphatic heterocycles. The van der Waals surface area contributed by atoms with Gasteiger partial charge in [-0.25, -0.2) is 4.98 Å². The molecule has 1 amide bonds. The number of alkyl halides is 2. The molecule has 6 heteroatoms. The molecule has 106 valence electrons. The van der Waals surface area contributed by atoms with E-state index in [4.69, 9.17) is 5.73 Å². The van der Waals surface area contributed by atoms with E-state index in [1.807, 2.05) is 0 Å². The molecule has 2 aromatic rings. The van der Waals surface area contributed by atoms with E-state index in [0.29, 0.717) is 5.56 Å². The third-order valence-electron chi connectivity index (χ3n) is 4.35. The molecule has 4 rings (SSSR count).